The molecule has 1 unspecified atom stereocenters. The molecule has 0 heterocycles. The van der Waals surface area contributed by atoms with Gasteiger partial charge in [-0.15, -0.1) is 6.58 Å². The van der Waals surface area contributed by atoms with E-state index in [1.807, 2.05) is 24.3 Å². The average molecular weight is 311 g/mol. The Hall–Kier alpha value is -1.93. The SMILES string of the molecule is C=CCC/C=C\C=C(/C)CNC(c1cccc(C=O)c1)C(C)C. The van der Waals surface area contributed by atoms with E-state index >= 15 is 0 Å². The molecule has 2 heteroatoms. The topological polar surface area (TPSA) is 29.1 Å². The average Bonchev–Trinajstić information content (AvgIpc) is 2.54. The molecule has 1 aromatic carbocycles. The van der Waals surface area contributed by atoms with Gasteiger partial charge in [-0.05, 0) is 37.3 Å². The van der Waals surface area contributed by atoms with Crippen molar-refractivity contribution in [3.63, 3.8) is 0 Å². The second-order valence-electron chi connectivity index (χ2n) is 6.20. The van der Waals surface area contributed by atoms with Crippen molar-refractivity contribution in [2.45, 2.75) is 39.7 Å². The highest BCUT2D eigenvalue weighted by molar-refractivity contribution is 5.75. The first-order chi connectivity index (χ1) is 11.1. The maximum absolute atomic E-state index is 11.0. The Morgan fingerprint density at radius 1 is 1.30 bits per heavy atom. The standard InChI is InChI=1S/C21H29NO/c1-5-6-7-8-9-11-18(4)15-22-21(17(2)3)20-13-10-12-19(14-20)16-23/h5,8-14,16-17,21-22H,1,6-7,15H2,2-4H3/b9-8-,18-11+. The molecule has 1 N–H and O–H groups in total. The minimum atomic E-state index is 0.239. The van der Waals surface area contributed by atoms with Crippen LogP contribution < -0.4 is 5.32 Å². The van der Waals surface area contributed by atoms with Crippen LogP contribution in [0.3, 0.4) is 0 Å². The molecule has 0 aliphatic heterocycles. The van der Waals surface area contributed by atoms with Crippen molar-refractivity contribution >= 4 is 6.29 Å². The number of benzene rings is 1. The summed E-state index contributed by atoms with van der Waals surface area (Å²) in [5.74, 6) is 0.452. The van der Waals surface area contributed by atoms with Crippen LogP contribution in [-0.2, 0) is 0 Å². The van der Waals surface area contributed by atoms with Crippen molar-refractivity contribution in [2.24, 2.45) is 5.92 Å². The molecule has 0 aliphatic carbocycles. The van der Waals surface area contributed by atoms with Gasteiger partial charge in [0, 0.05) is 18.2 Å². The van der Waals surface area contributed by atoms with Gasteiger partial charge < -0.3 is 5.32 Å². The molecule has 23 heavy (non-hydrogen) atoms. The molecule has 0 radical (unpaired) electrons. The third kappa shape index (κ3) is 7.25. The van der Waals surface area contributed by atoms with Gasteiger partial charge in [-0.2, -0.15) is 0 Å². The Morgan fingerprint density at radius 3 is 2.74 bits per heavy atom. The molecular weight excluding hydrogens is 282 g/mol. The van der Waals surface area contributed by atoms with E-state index in [0.717, 1.165) is 31.2 Å². The molecule has 0 spiro atoms. The van der Waals surface area contributed by atoms with Gasteiger partial charge in [-0.25, -0.2) is 0 Å². The number of hydrogen-bond donors (Lipinski definition) is 1. The van der Waals surface area contributed by atoms with Crippen molar-refractivity contribution in [2.75, 3.05) is 6.54 Å². The van der Waals surface area contributed by atoms with Crippen molar-refractivity contribution in [1.82, 2.24) is 5.32 Å². The van der Waals surface area contributed by atoms with Gasteiger partial charge >= 0.3 is 0 Å². The molecule has 0 amide bonds. The summed E-state index contributed by atoms with van der Waals surface area (Å²) in [6.45, 7) is 11.1. The highest BCUT2D eigenvalue weighted by Gasteiger charge is 2.15. The summed E-state index contributed by atoms with van der Waals surface area (Å²) in [6.07, 6.45) is 11.3. The third-order valence-corrected chi connectivity index (χ3v) is 3.73. The van der Waals surface area contributed by atoms with E-state index in [4.69, 9.17) is 0 Å². The monoisotopic (exact) mass is 311 g/mol. The molecule has 0 saturated heterocycles. The molecule has 0 bridgehead atoms. The van der Waals surface area contributed by atoms with E-state index in [9.17, 15) is 4.79 Å². The van der Waals surface area contributed by atoms with E-state index in [1.54, 1.807) is 0 Å². The van der Waals surface area contributed by atoms with Crippen LogP contribution in [0.25, 0.3) is 0 Å². The van der Waals surface area contributed by atoms with Crippen molar-refractivity contribution in [3.05, 3.63) is 71.8 Å². The van der Waals surface area contributed by atoms with Crippen LogP contribution in [0.15, 0.2) is 60.7 Å². The zero-order valence-corrected chi connectivity index (χ0v) is 14.6. The van der Waals surface area contributed by atoms with Gasteiger partial charge in [0.15, 0.2) is 0 Å². The maximum atomic E-state index is 11.0. The van der Waals surface area contributed by atoms with E-state index in [2.05, 4.69) is 57.0 Å². The van der Waals surface area contributed by atoms with Crippen molar-refractivity contribution < 1.29 is 4.79 Å². The number of carbonyl (C=O) groups excluding carboxylic acids is 1. The van der Waals surface area contributed by atoms with E-state index in [1.165, 1.54) is 11.1 Å². The first kappa shape index (κ1) is 19.1. The van der Waals surface area contributed by atoms with Crippen LogP contribution in [0.5, 0.6) is 0 Å². The number of allylic oxidation sites excluding steroid dienone is 4. The Kier molecular flexibility index (Phi) is 8.93. The Bertz CT molecular complexity index is 555. The lowest BCUT2D eigenvalue weighted by molar-refractivity contribution is 0.112. The summed E-state index contributed by atoms with van der Waals surface area (Å²) in [5, 5.41) is 3.60. The van der Waals surface area contributed by atoms with Gasteiger partial charge in [0.1, 0.15) is 6.29 Å². The number of hydrogen-bond acceptors (Lipinski definition) is 2. The van der Waals surface area contributed by atoms with E-state index in [-0.39, 0.29) is 6.04 Å². The number of nitrogens with one attached hydrogen (secondary N) is 1. The highest BCUT2D eigenvalue weighted by Crippen LogP contribution is 2.22. The second-order valence-corrected chi connectivity index (χ2v) is 6.20. The minimum absolute atomic E-state index is 0.239. The first-order valence-corrected chi connectivity index (χ1v) is 8.30. The van der Waals surface area contributed by atoms with Gasteiger partial charge in [0.05, 0.1) is 0 Å². The summed E-state index contributed by atoms with van der Waals surface area (Å²) >= 11 is 0. The predicted molar refractivity (Wildman–Crippen MR) is 99.7 cm³/mol. The second kappa shape index (κ2) is 10.7. The molecule has 0 fully saturated rings. The zero-order valence-electron chi connectivity index (χ0n) is 14.6. The fourth-order valence-corrected chi connectivity index (χ4v) is 2.44. The smallest absolute Gasteiger partial charge is 0.150 e. The third-order valence-electron chi connectivity index (χ3n) is 3.73. The van der Waals surface area contributed by atoms with Crippen molar-refractivity contribution in [3.8, 4) is 0 Å². The van der Waals surface area contributed by atoms with E-state index in [0.29, 0.717) is 5.92 Å². The van der Waals surface area contributed by atoms with Gasteiger partial charge in [0.2, 0.25) is 0 Å². The Morgan fingerprint density at radius 2 is 2.09 bits per heavy atom. The quantitative estimate of drug-likeness (QED) is 0.276. The Balaban J connectivity index is 2.66. The number of aldehydes is 1. The van der Waals surface area contributed by atoms with E-state index < -0.39 is 0 Å². The highest BCUT2D eigenvalue weighted by atomic mass is 16.1. The molecular formula is C21H29NO. The number of rotatable bonds is 10. The summed E-state index contributed by atoms with van der Waals surface area (Å²) in [5.41, 5.74) is 3.18. The molecule has 1 atom stereocenters. The molecule has 0 aromatic heterocycles. The van der Waals surface area contributed by atoms with Crippen LogP contribution in [0.4, 0.5) is 0 Å². The lowest BCUT2D eigenvalue weighted by atomic mass is 9.94. The van der Waals surface area contributed by atoms with Gasteiger partial charge in [-0.1, -0.05) is 61.9 Å². The van der Waals surface area contributed by atoms with Crippen LogP contribution in [-0.4, -0.2) is 12.8 Å². The molecule has 0 saturated carbocycles. The van der Waals surface area contributed by atoms with Crippen LogP contribution >= 0.6 is 0 Å². The van der Waals surface area contributed by atoms with Gasteiger partial charge in [0.25, 0.3) is 0 Å². The fourth-order valence-electron chi connectivity index (χ4n) is 2.44. The van der Waals surface area contributed by atoms with Crippen LogP contribution in [0, 0.1) is 5.92 Å². The number of carbonyl (C=O) groups is 1. The lowest BCUT2D eigenvalue weighted by Gasteiger charge is -2.23. The molecule has 124 valence electrons. The molecule has 1 rings (SSSR count). The summed E-state index contributed by atoms with van der Waals surface area (Å²) in [4.78, 5) is 11.0. The lowest BCUT2D eigenvalue weighted by Crippen LogP contribution is -2.27. The summed E-state index contributed by atoms with van der Waals surface area (Å²) in [6, 6.07) is 8.08. The molecule has 1 aromatic rings. The van der Waals surface area contributed by atoms with Crippen LogP contribution in [0.2, 0.25) is 0 Å². The van der Waals surface area contributed by atoms with Crippen molar-refractivity contribution in [1.29, 1.82) is 0 Å². The Labute approximate surface area is 141 Å². The minimum Gasteiger partial charge on any atom is -0.306 e. The summed E-state index contributed by atoms with van der Waals surface area (Å²) in [7, 11) is 0. The number of unbranched alkanes of at least 4 members (excludes halogenated alkanes) is 1. The largest absolute Gasteiger partial charge is 0.306 e. The molecule has 2 nitrogen and oxygen atoms in total. The molecule has 0 aliphatic rings. The first-order valence-electron chi connectivity index (χ1n) is 8.30. The normalized spacial score (nSPS) is 13.5. The van der Waals surface area contributed by atoms with Gasteiger partial charge in [-0.3, -0.25) is 4.79 Å². The summed E-state index contributed by atoms with van der Waals surface area (Å²) < 4.78 is 0. The maximum Gasteiger partial charge on any atom is 0.150 e. The zero-order chi connectivity index (χ0) is 17.1. The van der Waals surface area contributed by atoms with Crippen LogP contribution in [0.1, 0.15) is 55.6 Å². The predicted octanol–water partition coefficient (Wildman–Crippen LogP) is 5.25. The fraction of sp³-hybridized carbons (Fsp3) is 0.381.